The number of rotatable bonds is 14. The highest BCUT2D eigenvalue weighted by molar-refractivity contribution is 5.92. The van der Waals surface area contributed by atoms with Crippen molar-refractivity contribution in [3.05, 3.63) is 83.4 Å². The molecular weight excluding hydrogens is 384 g/mol. The molecular formula is C28H36O3. The Balaban J connectivity index is 1.73. The number of hydrogen-bond acceptors (Lipinski definition) is 3. The first-order valence-electron chi connectivity index (χ1n) is 11.6. The van der Waals surface area contributed by atoms with Crippen LogP contribution in [0.5, 0.6) is 5.75 Å². The number of aromatic hydroxyl groups is 1. The number of benzene rings is 2. The summed E-state index contributed by atoms with van der Waals surface area (Å²) in [5.41, 5.74) is 2.94. The first kappa shape index (κ1) is 24.5. The van der Waals surface area contributed by atoms with Gasteiger partial charge in [0.15, 0.2) is 0 Å². The molecule has 31 heavy (non-hydrogen) atoms. The monoisotopic (exact) mass is 420 g/mol. The number of para-hydroxylation sites is 1. The van der Waals surface area contributed by atoms with E-state index >= 15 is 0 Å². The van der Waals surface area contributed by atoms with E-state index < -0.39 is 5.97 Å². The van der Waals surface area contributed by atoms with E-state index in [1.54, 1.807) is 18.2 Å². The second-order valence-corrected chi connectivity index (χ2v) is 7.87. The summed E-state index contributed by atoms with van der Waals surface area (Å²) in [4.78, 5) is 12.0. The molecule has 0 aromatic heterocycles. The van der Waals surface area contributed by atoms with E-state index in [-0.39, 0.29) is 11.3 Å². The highest BCUT2D eigenvalue weighted by Gasteiger charge is 2.11. The van der Waals surface area contributed by atoms with Gasteiger partial charge < -0.3 is 9.84 Å². The van der Waals surface area contributed by atoms with Crippen molar-refractivity contribution >= 4 is 12.0 Å². The molecule has 0 bridgehead atoms. The van der Waals surface area contributed by atoms with E-state index in [0.29, 0.717) is 6.61 Å². The van der Waals surface area contributed by atoms with Gasteiger partial charge >= 0.3 is 5.97 Å². The van der Waals surface area contributed by atoms with E-state index in [4.69, 9.17) is 4.74 Å². The normalized spacial score (nSPS) is 11.7. The molecule has 0 heterocycles. The average molecular weight is 421 g/mol. The van der Waals surface area contributed by atoms with Crippen molar-refractivity contribution < 1.29 is 14.6 Å². The molecule has 3 nitrogen and oxygen atoms in total. The van der Waals surface area contributed by atoms with Crippen molar-refractivity contribution in [3.8, 4) is 5.75 Å². The molecule has 0 unspecified atom stereocenters. The zero-order chi connectivity index (χ0) is 22.2. The Morgan fingerprint density at radius 2 is 1.55 bits per heavy atom. The smallest absolute Gasteiger partial charge is 0.341 e. The van der Waals surface area contributed by atoms with Gasteiger partial charge in [0.25, 0.3) is 0 Å². The number of ether oxygens (including phenoxy) is 1. The number of hydrogen-bond donors (Lipinski definition) is 1. The third-order valence-corrected chi connectivity index (χ3v) is 5.27. The fraction of sp³-hybridized carbons (Fsp3) is 0.393. The molecule has 0 aliphatic rings. The van der Waals surface area contributed by atoms with Crippen LogP contribution in [0.4, 0.5) is 0 Å². The molecule has 0 aliphatic carbocycles. The van der Waals surface area contributed by atoms with Crippen LogP contribution in [0.2, 0.25) is 0 Å². The van der Waals surface area contributed by atoms with Crippen molar-refractivity contribution in [3.63, 3.8) is 0 Å². The van der Waals surface area contributed by atoms with Crippen LogP contribution in [-0.4, -0.2) is 17.7 Å². The van der Waals surface area contributed by atoms with Gasteiger partial charge in [0.05, 0.1) is 6.61 Å². The highest BCUT2D eigenvalue weighted by atomic mass is 16.5. The second-order valence-electron chi connectivity index (χ2n) is 7.87. The zero-order valence-electron chi connectivity index (χ0n) is 18.8. The number of carbonyl (C=O) groups is 1. The lowest BCUT2D eigenvalue weighted by atomic mass is 10.00. The lowest BCUT2D eigenvalue weighted by Crippen LogP contribution is -2.06. The molecule has 3 heteroatoms. The Morgan fingerprint density at radius 1 is 0.871 bits per heavy atom. The average Bonchev–Trinajstić information content (AvgIpc) is 2.79. The SMILES string of the molecule is CCCCCCC(=CC=Cc1ccccc1)CCCCCOC(=O)c1ccccc1O. The largest absolute Gasteiger partial charge is 0.507 e. The van der Waals surface area contributed by atoms with E-state index in [1.807, 2.05) is 6.07 Å². The number of esters is 1. The summed E-state index contributed by atoms with van der Waals surface area (Å²) in [6.07, 6.45) is 16.9. The van der Waals surface area contributed by atoms with Crippen LogP contribution in [-0.2, 0) is 4.74 Å². The van der Waals surface area contributed by atoms with E-state index in [1.165, 1.54) is 42.9 Å². The van der Waals surface area contributed by atoms with Gasteiger partial charge in [-0.1, -0.05) is 92.5 Å². The standard InChI is InChI=1S/C28H36O3/c1-2-3-4-7-15-24(19-14-20-25-16-8-5-9-17-25)18-10-6-13-23-31-28(30)26-21-11-12-22-27(26)29/h5,8-9,11-12,14,16-17,19-22,29H,2-4,6-7,10,13,15,18,23H2,1H3. The molecule has 0 saturated heterocycles. The van der Waals surface area contributed by atoms with Crippen LogP contribution in [0.3, 0.4) is 0 Å². The molecule has 1 N–H and O–H groups in total. The Morgan fingerprint density at radius 3 is 2.26 bits per heavy atom. The number of unbranched alkanes of at least 4 members (excludes halogenated alkanes) is 5. The minimum absolute atomic E-state index is 0.0334. The molecule has 0 aliphatic heterocycles. The molecule has 0 atom stereocenters. The highest BCUT2D eigenvalue weighted by Crippen LogP contribution is 2.19. The Bertz CT molecular complexity index is 821. The lowest BCUT2D eigenvalue weighted by molar-refractivity contribution is 0.0494. The Hall–Kier alpha value is -2.81. The Kier molecular flexibility index (Phi) is 11.9. The van der Waals surface area contributed by atoms with Crippen LogP contribution in [0.25, 0.3) is 6.08 Å². The van der Waals surface area contributed by atoms with Gasteiger partial charge in [-0.25, -0.2) is 4.79 Å². The molecule has 0 spiro atoms. The second kappa shape index (κ2) is 15.1. The van der Waals surface area contributed by atoms with E-state index in [9.17, 15) is 9.90 Å². The summed E-state index contributed by atoms with van der Waals surface area (Å²) in [6, 6.07) is 16.9. The van der Waals surface area contributed by atoms with Gasteiger partial charge in [-0.3, -0.25) is 0 Å². The Labute approximate surface area is 187 Å². The van der Waals surface area contributed by atoms with Crippen molar-refractivity contribution in [2.45, 2.75) is 64.7 Å². The minimum Gasteiger partial charge on any atom is -0.507 e. The minimum atomic E-state index is -0.458. The first-order chi connectivity index (χ1) is 15.2. The van der Waals surface area contributed by atoms with Crippen LogP contribution in [0.1, 0.15) is 80.6 Å². The summed E-state index contributed by atoms with van der Waals surface area (Å²) >= 11 is 0. The number of phenols is 1. The number of allylic oxidation sites excluding steroid dienone is 3. The van der Waals surface area contributed by atoms with Gasteiger partial charge in [0.1, 0.15) is 11.3 Å². The maximum absolute atomic E-state index is 12.0. The van der Waals surface area contributed by atoms with Crippen LogP contribution in [0.15, 0.2) is 72.3 Å². The summed E-state index contributed by atoms with van der Waals surface area (Å²) in [7, 11) is 0. The van der Waals surface area contributed by atoms with Crippen LogP contribution in [0, 0.1) is 0 Å². The predicted octanol–water partition coefficient (Wildman–Crippen LogP) is 7.72. The molecule has 2 aromatic carbocycles. The maximum atomic E-state index is 12.0. The molecule has 2 aromatic rings. The summed E-state index contributed by atoms with van der Waals surface area (Å²) in [6.45, 7) is 2.63. The predicted molar refractivity (Wildman–Crippen MR) is 129 cm³/mol. The summed E-state index contributed by atoms with van der Waals surface area (Å²) < 4.78 is 5.30. The third kappa shape index (κ3) is 10.2. The summed E-state index contributed by atoms with van der Waals surface area (Å²) in [5.74, 6) is -0.491. The fourth-order valence-corrected chi connectivity index (χ4v) is 3.45. The quantitative estimate of drug-likeness (QED) is 0.193. The number of phenolic OH excluding ortho intramolecular Hbond substituents is 1. The number of carbonyl (C=O) groups excluding carboxylic acids is 1. The van der Waals surface area contributed by atoms with Crippen molar-refractivity contribution in [1.82, 2.24) is 0 Å². The first-order valence-corrected chi connectivity index (χ1v) is 11.6. The summed E-state index contributed by atoms with van der Waals surface area (Å²) in [5, 5.41) is 9.72. The molecule has 0 fully saturated rings. The van der Waals surface area contributed by atoms with Crippen molar-refractivity contribution in [2.24, 2.45) is 0 Å². The van der Waals surface area contributed by atoms with E-state index in [0.717, 1.165) is 32.1 Å². The molecule has 166 valence electrons. The maximum Gasteiger partial charge on any atom is 0.341 e. The topological polar surface area (TPSA) is 46.5 Å². The van der Waals surface area contributed by atoms with E-state index in [2.05, 4.69) is 49.4 Å². The van der Waals surface area contributed by atoms with Crippen LogP contribution < -0.4 is 0 Å². The molecule has 0 saturated carbocycles. The zero-order valence-corrected chi connectivity index (χ0v) is 18.8. The fourth-order valence-electron chi connectivity index (χ4n) is 3.45. The van der Waals surface area contributed by atoms with Gasteiger partial charge in [0, 0.05) is 0 Å². The van der Waals surface area contributed by atoms with Gasteiger partial charge in [0.2, 0.25) is 0 Å². The van der Waals surface area contributed by atoms with Gasteiger partial charge in [-0.05, 0) is 56.2 Å². The van der Waals surface area contributed by atoms with Crippen molar-refractivity contribution in [2.75, 3.05) is 6.61 Å². The molecule has 0 amide bonds. The van der Waals surface area contributed by atoms with Gasteiger partial charge in [-0.15, -0.1) is 0 Å². The third-order valence-electron chi connectivity index (χ3n) is 5.27. The van der Waals surface area contributed by atoms with Gasteiger partial charge in [-0.2, -0.15) is 0 Å². The molecule has 2 rings (SSSR count). The molecule has 0 radical (unpaired) electrons. The lowest BCUT2D eigenvalue weighted by Gasteiger charge is -2.08. The van der Waals surface area contributed by atoms with Crippen LogP contribution >= 0.6 is 0 Å². The van der Waals surface area contributed by atoms with Crippen molar-refractivity contribution in [1.29, 1.82) is 0 Å².